The van der Waals surface area contributed by atoms with Crippen LogP contribution >= 0.6 is 27.5 Å². The highest BCUT2D eigenvalue weighted by atomic mass is 79.9. The second-order valence-electron chi connectivity index (χ2n) is 4.66. The van der Waals surface area contributed by atoms with E-state index in [0.29, 0.717) is 10.7 Å². The Morgan fingerprint density at radius 2 is 1.83 bits per heavy atom. The standard InChI is InChI=1S/C15H14BrClN2O3S/c16-11-4-6-13(7-5-11)19-15(20)8-9-18-23(21,22)14-3-1-2-12(17)10-14/h1-7,10,18H,8-9H2,(H,19,20). The number of amides is 1. The third-order valence-electron chi connectivity index (χ3n) is 2.88. The maximum atomic E-state index is 12.1. The van der Waals surface area contributed by atoms with Crippen molar-refractivity contribution in [3.8, 4) is 0 Å². The Morgan fingerprint density at radius 1 is 1.13 bits per heavy atom. The number of nitrogens with one attached hydrogen (secondary N) is 2. The van der Waals surface area contributed by atoms with Crippen LogP contribution in [0.3, 0.4) is 0 Å². The van der Waals surface area contributed by atoms with Crippen molar-refractivity contribution in [2.45, 2.75) is 11.3 Å². The van der Waals surface area contributed by atoms with E-state index in [1.807, 2.05) is 0 Å². The monoisotopic (exact) mass is 416 g/mol. The van der Waals surface area contributed by atoms with Crippen LogP contribution in [0.5, 0.6) is 0 Å². The molecule has 1 amide bonds. The van der Waals surface area contributed by atoms with Gasteiger partial charge >= 0.3 is 0 Å². The first kappa shape index (κ1) is 17.9. The third-order valence-corrected chi connectivity index (χ3v) is 5.10. The van der Waals surface area contributed by atoms with Gasteiger partial charge in [-0.3, -0.25) is 4.79 Å². The van der Waals surface area contributed by atoms with E-state index >= 15 is 0 Å². The van der Waals surface area contributed by atoms with Crippen LogP contribution in [0, 0.1) is 0 Å². The number of rotatable bonds is 6. The summed E-state index contributed by atoms with van der Waals surface area (Å²) in [5, 5.41) is 3.02. The second-order valence-corrected chi connectivity index (χ2v) is 7.78. The Labute approximate surface area is 148 Å². The third kappa shape index (κ3) is 5.62. The van der Waals surface area contributed by atoms with Gasteiger partial charge in [-0.1, -0.05) is 33.6 Å². The van der Waals surface area contributed by atoms with Crippen molar-refractivity contribution in [2.24, 2.45) is 0 Å². The molecular weight excluding hydrogens is 404 g/mol. The van der Waals surface area contributed by atoms with Crippen molar-refractivity contribution in [2.75, 3.05) is 11.9 Å². The zero-order chi connectivity index (χ0) is 16.9. The number of anilines is 1. The van der Waals surface area contributed by atoms with Gasteiger partial charge in [0.05, 0.1) is 4.90 Å². The summed E-state index contributed by atoms with van der Waals surface area (Å²) in [5.41, 5.74) is 0.649. The second kappa shape index (κ2) is 7.92. The minimum atomic E-state index is -3.68. The maximum Gasteiger partial charge on any atom is 0.240 e. The molecule has 2 aromatic carbocycles. The summed E-state index contributed by atoms with van der Waals surface area (Å²) in [6, 6.07) is 13.0. The summed E-state index contributed by atoms with van der Waals surface area (Å²) in [5.74, 6) is -0.277. The molecule has 0 aliphatic heterocycles. The molecule has 2 N–H and O–H groups in total. The normalized spacial score (nSPS) is 11.2. The number of sulfonamides is 1. The van der Waals surface area contributed by atoms with Crippen LogP contribution in [0.1, 0.15) is 6.42 Å². The summed E-state index contributed by atoms with van der Waals surface area (Å²) in [4.78, 5) is 11.9. The topological polar surface area (TPSA) is 75.3 Å². The molecule has 23 heavy (non-hydrogen) atoms. The van der Waals surface area contributed by atoms with Gasteiger partial charge in [0.2, 0.25) is 15.9 Å². The van der Waals surface area contributed by atoms with E-state index in [-0.39, 0.29) is 23.8 Å². The van der Waals surface area contributed by atoms with Crippen LogP contribution in [0.2, 0.25) is 5.02 Å². The van der Waals surface area contributed by atoms with Gasteiger partial charge in [-0.15, -0.1) is 0 Å². The molecule has 2 aromatic rings. The SMILES string of the molecule is O=C(CCNS(=O)(=O)c1cccc(Cl)c1)Nc1ccc(Br)cc1. The molecular formula is C15H14BrClN2O3S. The minimum Gasteiger partial charge on any atom is -0.326 e. The fourth-order valence-electron chi connectivity index (χ4n) is 1.77. The molecule has 0 saturated carbocycles. The van der Waals surface area contributed by atoms with Gasteiger partial charge in [0.15, 0.2) is 0 Å². The molecule has 0 aliphatic carbocycles. The Bertz CT molecular complexity index is 795. The number of hydrogen-bond donors (Lipinski definition) is 2. The zero-order valence-corrected chi connectivity index (χ0v) is 15.1. The van der Waals surface area contributed by atoms with Gasteiger partial charge < -0.3 is 5.32 Å². The average Bonchev–Trinajstić information content (AvgIpc) is 2.49. The summed E-state index contributed by atoms with van der Waals surface area (Å²) in [7, 11) is -3.68. The summed E-state index contributed by atoms with van der Waals surface area (Å²) < 4.78 is 27.4. The lowest BCUT2D eigenvalue weighted by Crippen LogP contribution is -2.27. The van der Waals surface area contributed by atoms with Crippen molar-refractivity contribution in [1.82, 2.24) is 4.72 Å². The average molecular weight is 418 g/mol. The number of carbonyl (C=O) groups excluding carboxylic acids is 1. The number of halogens is 2. The molecule has 0 atom stereocenters. The van der Waals surface area contributed by atoms with E-state index < -0.39 is 10.0 Å². The van der Waals surface area contributed by atoms with Gasteiger partial charge in [-0.25, -0.2) is 13.1 Å². The van der Waals surface area contributed by atoms with Crippen molar-refractivity contribution < 1.29 is 13.2 Å². The van der Waals surface area contributed by atoms with E-state index in [9.17, 15) is 13.2 Å². The van der Waals surface area contributed by atoms with Crippen molar-refractivity contribution in [1.29, 1.82) is 0 Å². The Hall–Kier alpha value is -1.41. The van der Waals surface area contributed by atoms with E-state index in [2.05, 4.69) is 26.0 Å². The number of benzene rings is 2. The molecule has 0 aromatic heterocycles. The lowest BCUT2D eigenvalue weighted by atomic mass is 10.3. The predicted octanol–water partition coefficient (Wildman–Crippen LogP) is 3.41. The lowest BCUT2D eigenvalue weighted by Gasteiger charge is -2.08. The quantitative estimate of drug-likeness (QED) is 0.756. The Balaban J connectivity index is 1.86. The lowest BCUT2D eigenvalue weighted by molar-refractivity contribution is -0.116. The fraction of sp³-hybridized carbons (Fsp3) is 0.133. The molecule has 0 fully saturated rings. The van der Waals surface area contributed by atoms with Crippen LogP contribution in [0.25, 0.3) is 0 Å². The number of hydrogen-bond acceptors (Lipinski definition) is 3. The first-order valence-electron chi connectivity index (χ1n) is 6.67. The van der Waals surface area contributed by atoms with Crippen LogP contribution < -0.4 is 10.0 Å². The van der Waals surface area contributed by atoms with Crippen molar-refractivity contribution in [3.05, 3.63) is 58.0 Å². The molecule has 0 aliphatic rings. The zero-order valence-electron chi connectivity index (χ0n) is 11.9. The first-order valence-corrected chi connectivity index (χ1v) is 9.33. The smallest absolute Gasteiger partial charge is 0.240 e. The number of carbonyl (C=O) groups is 1. The largest absolute Gasteiger partial charge is 0.326 e. The van der Waals surface area contributed by atoms with Gasteiger partial charge in [-0.2, -0.15) is 0 Å². The Morgan fingerprint density at radius 3 is 2.48 bits per heavy atom. The molecule has 0 heterocycles. The van der Waals surface area contributed by atoms with E-state index in [0.717, 1.165) is 4.47 Å². The van der Waals surface area contributed by atoms with E-state index in [1.54, 1.807) is 36.4 Å². The van der Waals surface area contributed by atoms with Crippen LogP contribution in [0.15, 0.2) is 57.9 Å². The highest BCUT2D eigenvalue weighted by molar-refractivity contribution is 9.10. The summed E-state index contributed by atoms with van der Waals surface area (Å²) >= 11 is 9.08. The maximum absolute atomic E-state index is 12.1. The Kier molecular flexibility index (Phi) is 6.17. The summed E-state index contributed by atoms with van der Waals surface area (Å²) in [6.07, 6.45) is 0.0237. The molecule has 5 nitrogen and oxygen atoms in total. The van der Waals surface area contributed by atoms with Crippen molar-refractivity contribution in [3.63, 3.8) is 0 Å². The first-order chi connectivity index (χ1) is 10.9. The van der Waals surface area contributed by atoms with E-state index in [1.165, 1.54) is 12.1 Å². The van der Waals surface area contributed by atoms with Crippen LogP contribution in [-0.4, -0.2) is 20.9 Å². The molecule has 8 heteroatoms. The predicted molar refractivity (Wildman–Crippen MR) is 94.0 cm³/mol. The molecule has 0 saturated heterocycles. The van der Waals surface area contributed by atoms with Gasteiger partial charge in [0, 0.05) is 28.1 Å². The van der Waals surface area contributed by atoms with Gasteiger partial charge in [-0.05, 0) is 42.5 Å². The minimum absolute atomic E-state index is 0.00277. The highest BCUT2D eigenvalue weighted by Crippen LogP contribution is 2.16. The van der Waals surface area contributed by atoms with Gasteiger partial charge in [0.25, 0.3) is 0 Å². The fourth-order valence-corrected chi connectivity index (χ4v) is 3.37. The molecule has 0 bridgehead atoms. The van der Waals surface area contributed by atoms with Crippen LogP contribution in [0.4, 0.5) is 5.69 Å². The molecule has 2 rings (SSSR count). The molecule has 0 radical (unpaired) electrons. The van der Waals surface area contributed by atoms with Crippen LogP contribution in [-0.2, 0) is 14.8 Å². The molecule has 0 spiro atoms. The summed E-state index contributed by atoms with van der Waals surface area (Å²) in [6.45, 7) is -0.00277. The highest BCUT2D eigenvalue weighted by Gasteiger charge is 2.14. The molecule has 122 valence electrons. The van der Waals surface area contributed by atoms with Crippen molar-refractivity contribution >= 4 is 49.1 Å². The van der Waals surface area contributed by atoms with Gasteiger partial charge in [0.1, 0.15) is 0 Å². The van der Waals surface area contributed by atoms with E-state index in [4.69, 9.17) is 11.6 Å². The molecule has 0 unspecified atom stereocenters.